The van der Waals surface area contributed by atoms with E-state index in [4.69, 9.17) is 28.3 Å². The highest BCUT2D eigenvalue weighted by Crippen LogP contribution is 2.22. The van der Waals surface area contributed by atoms with Crippen LogP contribution in [-0.2, 0) is 9.59 Å². The minimum atomic E-state index is -1.20. The zero-order valence-electron chi connectivity index (χ0n) is 7.91. The molecule has 0 heterocycles. The molecular weight excluding hydrogens is 253 g/mol. The summed E-state index contributed by atoms with van der Waals surface area (Å²) in [7, 11) is 0. The van der Waals surface area contributed by atoms with Gasteiger partial charge in [0.2, 0.25) is 5.91 Å². The van der Waals surface area contributed by atoms with Gasteiger partial charge in [0.05, 0.1) is 0 Å². The molecule has 0 spiro atoms. The number of hydrogen-bond acceptors (Lipinski definition) is 2. The molecule has 1 rings (SSSR count). The normalized spacial score (nSPS) is 10.4. The van der Waals surface area contributed by atoms with Crippen molar-refractivity contribution >= 4 is 40.8 Å². The Balaban J connectivity index is 2.73. The molecule has 0 aliphatic carbocycles. The van der Waals surface area contributed by atoms with Gasteiger partial charge < -0.3 is 10.4 Å². The van der Waals surface area contributed by atoms with E-state index >= 15 is 0 Å². The monoisotopic (exact) mass is 259 g/mol. The molecule has 1 amide bonds. The fourth-order valence-electron chi connectivity index (χ4n) is 0.957. The van der Waals surface area contributed by atoms with Crippen molar-refractivity contribution in [2.75, 3.05) is 5.32 Å². The Morgan fingerprint density at radius 2 is 1.69 bits per heavy atom. The van der Waals surface area contributed by atoms with Gasteiger partial charge in [0.1, 0.15) is 0 Å². The molecule has 2 N–H and O–H groups in total. The largest absolute Gasteiger partial charge is 0.478 e. The third-order valence-electron chi connectivity index (χ3n) is 1.51. The number of amides is 1. The first-order valence-corrected chi connectivity index (χ1v) is 4.91. The molecule has 0 fully saturated rings. The summed E-state index contributed by atoms with van der Waals surface area (Å²) in [5.74, 6) is -1.76. The molecule has 0 radical (unpaired) electrons. The number of halogens is 2. The first-order valence-electron chi connectivity index (χ1n) is 4.15. The van der Waals surface area contributed by atoms with E-state index in [2.05, 4.69) is 5.32 Å². The maximum Gasteiger partial charge on any atom is 0.328 e. The van der Waals surface area contributed by atoms with E-state index in [1.807, 2.05) is 0 Å². The fourth-order valence-corrected chi connectivity index (χ4v) is 1.48. The zero-order chi connectivity index (χ0) is 12.1. The van der Waals surface area contributed by atoms with E-state index in [-0.39, 0.29) is 0 Å². The molecule has 0 atom stereocenters. The smallest absolute Gasteiger partial charge is 0.328 e. The van der Waals surface area contributed by atoms with E-state index < -0.39 is 11.9 Å². The summed E-state index contributed by atoms with van der Waals surface area (Å²) in [5, 5.41) is 11.5. The molecular formula is C10H7Cl2NO3. The van der Waals surface area contributed by atoms with Crippen molar-refractivity contribution in [2.24, 2.45) is 0 Å². The van der Waals surface area contributed by atoms with E-state index in [0.717, 1.165) is 12.2 Å². The lowest BCUT2D eigenvalue weighted by atomic mass is 10.3. The first kappa shape index (κ1) is 12.5. The molecule has 0 saturated carbocycles. The summed E-state index contributed by atoms with van der Waals surface area (Å²) in [6.45, 7) is 0. The molecule has 6 heteroatoms. The van der Waals surface area contributed by atoms with Crippen LogP contribution in [0.5, 0.6) is 0 Å². The molecule has 1 aromatic carbocycles. The minimum Gasteiger partial charge on any atom is -0.478 e. The van der Waals surface area contributed by atoms with Gasteiger partial charge >= 0.3 is 5.97 Å². The number of anilines is 1. The van der Waals surface area contributed by atoms with Crippen molar-refractivity contribution in [1.29, 1.82) is 0 Å². The van der Waals surface area contributed by atoms with E-state index in [1.165, 1.54) is 18.2 Å². The van der Waals surface area contributed by atoms with Crippen LogP contribution >= 0.6 is 23.2 Å². The van der Waals surface area contributed by atoms with Crippen LogP contribution in [0.2, 0.25) is 10.0 Å². The second-order valence-electron chi connectivity index (χ2n) is 2.82. The van der Waals surface area contributed by atoms with Crippen LogP contribution < -0.4 is 5.32 Å². The minimum absolute atomic E-state index is 0.380. The van der Waals surface area contributed by atoms with Crippen LogP contribution in [-0.4, -0.2) is 17.0 Å². The van der Waals surface area contributed by atoms with Crippen molar-refractivity contribution in [1.82, 2.24) is 0 Å². The zero-order valence-corrected chi connectivity index (χ0v) is 9.42. The Labute approximate surface area is 101 Å². The molecule has 4 nitrogen and oxygen atoms in total. The van der Waals surface area contributed by atoms with E-state index in [9.17, 15) is 9.59 Å². The van der Waals surface area contributed by atoms with Crippen LogP contribution in [0.4, 0.5) is 5.69 Å². The summed E-state index contributed by atoms with van der Waals surface area (Å²) >= 11 is 11.4. The predicted molar refractivity (Wildman–Crippen MR) is 61.9 cm³/mol. The van der Waals surface area contributed by atoms with Crippen molar-refractivity contribution in [2.45, 2.75) is 0 Å². The standard InChI is InChI=1S/C10H7Cl2NO3/c11-6-3-7(12)5-8(4-6)13-9(14)1-2-10(15)16/h1-5H,(H,13,14)(H,15,16)/b2-1+. The highest BCUT2D eigenvalue weighted by atomic mass is 35.5. The lowest BCUT2D eigenvalue weighted by Gasteiger charge is -2.03. The number of rotatable bonds is 3. The number of hydrogen-bond donors (Lipinski definition) is 2. The van der Waals surface area contributed by atoms with Crippen LogP contribution in [0.3, 0.4) is 0 Å². The topological polar surface area (TPSA) is 66.4 Å². The lowest BCUT2D eigenvalue weighted by molar-refractivity contribution is -0.131. The summed E-state index contributed by atoms with van der Waals surface area (Å²) < 4.78 is 0. The maximum absolute atomic E-state index is 11.2. The average molecular weight is 260 g/mol. The Bertz CT molecular complexity index is 437. The Morgan fingerprint density at radius 1 is 1.12 bits per heavy atom. The highest BCUT2D eigenvalue weighted by molar-refractivity contribution is 6.35. The number of carboxylic acids is 1. The van der Waals surface area contributed by atoms with Crippen LogP contribution in [0.1, 0.15) is 0 Å². The van der Waals surface area contributed by atoms with Gasteiger partial charge in [0, 0.05) is 27.9 Å². The van der Waals surface area contributed by atoms with Gasteiger partial charge in [-0.1, -0.05) is 23.2 Å². The molecule has 1 aromatic rings. The molecule has 0 aromatic heterocycles. The van der Waals surface area contributed by atoms with Gasteiger partial charge in [-0.15, -0.1) is 0 Å². The second kappa shape index (κ2) is 5.53. The third-order valence-corrected chi connectivity index (χ3v) is 1.94. The fraction of sp³-hybridized carbons (Fsp3) is 0. The van der Waals surface area contributed by atoms with Crippen molar-refractivity contribution in [3.8, 4) is 0 Å². The van der Waals surface area contributed by atoms with E-state index in [1.54, 1.807) is 0 Å². The van der Waals surface area contributed by atoms with Gasteiger partial charge in [0.15, 0.2) is 0 Å². The molecule has 0 aliphatic heterocycles. The second-order valence-corrected chi connectivity index (χ2v) is 3.69. The Kier molecular flexibility index (Phi) is 4.34. The van der Waals surface area contributed by atoms with Crippen LogP contribution in [0.15, 0.2) is 30.4 Å². The number of carbonyl (C=O) groups excluding carboxylic acids is 1. The quantitative estimate of drug-likeness (QED) is 0.821. The summed E-state index contributed by atoms with van der Waals surface area (Å²) in [6, 6.07) is 4.52. The Hall–Kier alpha value is -1.52. The number of benzene rings is 1. The lowest BCUT2D eigenvalue weighted by Crippen LogP contribution is -2.08. The van der Waals surface area contributed by atoms with Gasteiger partial charge in [-0.2, -0.15) is 0 Å². The Morgan fingerprint density at radius 3 is 2.19 bits per heavy atom. The molecule has 0 saturated heterocycles. The predicted octanol–water partition coefficient (Wildman–Crippen LogP) is 2.57. The van der Waals surface area contributed by atoms with Gasteiger partial charge in [-0.3, -0.25) is 4.79 Å². The molecule has 0 unspecified atom stereocenters. The van der Waals surface area contributed by atoms with E-state index in [0.29, 0.717) is 15.7 Å². The third kappa shape index (κ3) is 4.33. The van der Waals surface area contributed by atoms with Crippen LogP contribution in [0, 0.1) is 0 Å². The average Bonchev–Trinajstić information content (AvgIpc) is 2.12. The summed E-state index contributed by atoms with van der Waals surface area (Å²) in [4.78, 5) is 21.3. The maximum atomic E-state index is 11.2. The number of aliphatic carboxylic acids is 1. The summed E-state index contributed by atoms with van der Waals surface area (Å²) in [6.07, 6.45) is 1.64. The van der Waals surface area contributed by atoms with Crippen molar-refractivity contribution in [3.05, 3.63) is 40.4 Å². The van der Waals surface area contributed by atoms with Gasteiger partial charge in [-0.05, 0) is 18.2 Å². The van der Waals surface area contributed by atoms with Crippen LogP contribution in [0.25, 0.3) is 0 Å². The SMILES string of the molecule is O=C(O)/C=C/C(=O)Nc1cc(Cl)cc(Cl)c1. The molecule has 0 aliphatic rings. The summed E-state index contributed by atoms with van der Waals surface area (Å²) in [5.41, 5.74) is 0.400. The first-order chi connectivity index (χ1) is 7.47. The highest BCUT2D eigenvalue weighted by Gasteiger charge is 2.01. The van der Waals surface area contributed by atoms with Gasteiger partial charge in [0.25, 0.3) is 0 Å². The van der Waals surface area contributed by atoms with Crippen molar-refractivity contribution < 1.29 is 14.7 Å². The van der Waals surface area contributed by atoms with Gasteiger partial charge in [-0.25, -0.2) is 4.79 Å². The number of carboxylic acid groups (broad SMARTS) is 1. The number of carbonyl (C=O) groups is 2. The number of nitrogens with one attached hydrogen (secondary N) is 1. The molecule has 16 heavy (non-hydrogen) atoms. The molecule has 0 bridgehead atoms. The molecule has 84 valence electrons. The van der Waals surface area contributed by atoms with Crippen molar-refractivity contribution in [3.63, 3.8) is 0 Å².